The van der Waals surface area contributed by atoms with E-state index in [0.717, 1.165) is 5.92 Å². The Bertz CT molecular complexity index is 127. The van der Waals surface area contributed by atoms with Crippen molar-refractivity contribution in [2.45, 2.75) is 96.8 Å². The lowest BCUT2D eigenvalue weighted by molar-refractivity contribution is 0.375. The molecular formula is C16H32. The molecule has 0 aromatic carbocycles. The molecule has 0 radical (unpaired) electrons. The molecule has 16 heavy (non-hydrogen) atoms. The topological polar surface area (TPSA) is 0 Å². The van der Waals surface area contributed by atoms with Gasteiger partial charge in [-0.25, -0.2) is 0 Å². The van der Waals surface area contributed by atoms with Crippen LogP contribution in [0.3, 0.4) is 0 Å². The summed E-state index contributed by atoms with van der Waals surface area (Å²) in [5.74, 6) is 1.07. The highest BCUT2D eigenvalue weighted by Gasteiger charge is 2.09. The minimum atomic E-state index is 1.07. The number of hydrogen-bond donors (Lipinski definition) is 0. The van der Waals surface area contributed by atoms with Gasteiger partial charge in [0.2, 0.25) is 0 Å². The molecule has 0 spiro atoms. The standard InChI is InChI=1S/C16H32/c1-2-3-10-13-16-14-11-8-6-4-5-7-9-12-15-16/h16H,2-15H2,1H3. The van der Waals surface area contributed by atoms with Gasteiger partial charge in [-0.3, -0.25) is 0 Å². The van der Waals surface area contributed by atoms with Crippen molar-refractivity contribution in [3.05, 3.63) is 0 Å². The van der Waals surface area contributed by atoms with Crippen LogP contribution in [0.1, 0.15) is 96.8 Å². The third-order valence-electron chi connectivity index (χ3n) is 4.19. The highest BCUT2D eigenvalue weighted by Crippen LogP contribution is 2.25. The Morgan fingerprint density at radius 3 is 1.69 bits per heavy atom. The van der Waals surface area contributed by atoms with Crippen LogP contribution in [0.15, 0.2) is 0 Å². The SMILES string of the molecule is CCCCCC1CCCCCCCCCC1. The normalized spacial score (nSPS) is 21.6. The Morgan fingerprint density at radius 1 is 0.688 bits per heavy atom. The summed E-state index contributed by atoms with van der Waals surface area (Å²) in [6.07, 6.45) is 20.9. The van der Waals surface area contributed by atoms with Crippen LogP contribution in [-0.4, -0.2) is 0 Å². The van der Waals surface area contributed by atoms with Gasteiger partial charge in [-0.05, 0) is 5.92 Å². The van der Waals surface area contributed by atoms with Crippen molar-refractivity contribution in [1.82, 2.24) is 0 Å². The van der Waals surface area contributed by atoms with Gasteiger partial charge >= 0.3 is 0 Å². The van der Waals surface area contributed by atoms with Gasteiger partial charge < -0.3 is 0 Å². The summed E-state index contributed by atoms with van der Waals surface area (Å²) in [6.45, 7) is 2.32. The van der Waals surface area contributed by atoms with E-state index in [1.807, 2.05) is 0 Å². The molecule has 0 unspecified atom stereocenters. The van der Waals surface area contributed by atoms with Crippen molar-refractivity contribution in [2.75, 3.05) is 0 Å². The second kappa shape index (κ2) is 10.2. The van der Waals surface area contributed by atoms with E-state index in [0.29, 0.717) is 0 Å². The summed E-state index contributed by atoms with van der Waals surface area (Å²) >= 11 is 0. The lowest BCUT2D eigenvalue weighted by Gasteiger charge is -2.16. The first-order chi connectivity index (χ1) is 7.93. The van der Waals surface area contributed by atoms with E-state index in [1.165, 1.54) is 89.9 Å². The monoisotopic (exact) mass is 224 g/mol. The Labute approximate surface area is 103 Å². The predicted molar refractivity (Wildman–Crippen MR) is 73.8 cm³/mol. The molecule has 96 valence electrons. The maximum atomic E-state index is 2.32. The molecule has 0 amide bonds. The van der Waals surface area contributed by atoms with Gasteiger partial charge in [0.05, 0.1) is 0 Å². The minimum Gasteiger partial charge on any atom is -0.0654 e. The van der Waals surface area contributed by atoms with Crippen LogP contribution < -0.4 is 0 Å². The van der Waals surface area contributed by atoms with Crippen LogP contribution in [0.2, 0.25) is 0 Å². The molecule has 0 heteroatoms. The van der Waals surface area contributed by atoms with Crippen molar-refractivity contribution in [3.8, 4) is 0 Å². The summed E-state index contributed by atoms with van der Waals surface area (Å²) in [4.78, 5) is 0. The van der Waals surface area contributed by atoms with Gasteiger partial charge in [-0.1, -0.05) is 96.8 Å². The fraction of sp³-hybridized carbons (Fsp3) is 1.00. The number of rotatable bonds is 4. The average molecular weight is 224 g/mol. The summed E-state index contributed by atoms with van der Waals surface area (Å²) in [5, 5.41) is 0. The summed E-state index contributed by atoms with van der Waals surface area (Å²) in [7, 11) is 0. The van der Waals surface area contributed by atoms with Crippen LogP contribution in [-0.2, 0) is 0 Å². The van der Waals surface area contributed by atoms with Crippen LogP contribution >= 0.6 is 0 Å². The summed E-state index contributed by atoms with van der Waals surface area (Å²) < 4.78 is 0. The van der Waals surface area contributed by atoms with Crippen molar-refractivity contribution in [2.24, 2.45) is 5.92 Å². The van der Waals surface area contributed by atoms with E-state index in [9.17, 15) is 0 Å². The first-order valence-corrected chi connectivity index (χ1v) is 7.93. The molecular weight excluding hydrogens is 192 g/mol. The highest BCUT2D eigenvalue weighted by molar-refractivity contribution is 4.62. The van der Waals surface area contributed by atoms with Crippen molar-refractivity contribution in [3.63, 3.8) is 0 Å². The molecule has 1 saturated carbocycles. The van der Waals surface area contributed by atoms with Gasteiger partial charge in [-0.2, -0.15) is 0 Å². The second-order valence-electron chi connectivity index (χ2n) is 5.77. The quantitative estimate of drug-likeness (QED) is 0.506. The Balaban J connectivity index is 2.17. The molecule has 1 aliphatic rings. The third-order valence-corrected chi connectivity index (χ3v) is 4.19. The molecule has 1 fully saturated rings. The van der Waals surface area contributed by atoms with Gasteiger partial charge in [-0.15, -0.1) is 0 Å². The molecule has 0 nitrogen and oxygen atoms in total. The molecule has 0 atom stereocenters. The van der Waals surface area contributed by atoms with Crippen LogP contribution in [0.4, 0.5) is 0 Å². The van der Waals surface area contributed by atoms with Gasteiger partial charge in [0, 0.05) is 0 Å². The zero-order valence-corrected chi connectivity index (χ0v) is 11.5. The maximum Gasteiger partial charge on any atom is -0.0414 e. The first kappa shape index (κ1) is 14.1. The molecule has 0 aliphatic heterocycles. The molecule has 0 N–H and O–H groups in total. The van der Waals surface area contributed by atoms with E-state index < -0.39 is 0 Å². The van der Waals surface area contributed by atoms with E-state index in [1.54, 1.807) is 0 Å². The van der Waals surface area contributed by atoms with Gasteiger partial charge in [0.1, 0.15) is 0 Å². The summed E-state index contributed by atoms with van der Waals surface area (Å²) in [6, 6.07) is 0. The number of hydrogen-bond acceptors (Lipinski definition) is 0. The fourth-order valence-corrected chi connectivity index (χ4v) is 3.04. The molecule has 0 aromatic heterocycles. The van der Waals surface area contributed by atoms with Crippen LogP contribution in [0, 0.1) is 5.92 Å². The van der Waals surface area contributed by atoms with E-state index in [2.05, 4.69) is 6.92 Å². The predicted octanol–water partition coefficient (Wildman–Crippen LogP) is 6.10. The van der Waals surface area contributed by atoms with E-state index >= 15 is 0 Å². The molecule has 0 aromatic rings. The third kappa shape index (κ3) is 7.30. The smallest absolute Gasteiger partial charge is 0.0414 e. The maximum absolute atomic E-state index is 2.32. The second-order valence-corrected chi connectivity index (χ2v) is 5.77. The van der Waals surface area contributed by atoms with E-state index in [-0.39, 0.29) is 0 Å². The Kier molecular flexibility index (Phi) is 8.94. The Hall–Kier alpha value is 0. The van der Waals surface area contributed by atoms with Crippen molar-refractivity contribution < 1.29 is 0 Å². The van der Waals surface area contributed by atoms with Crippen molar-refractivity contribution >= 4 is 0 Å². The lowest BCUT2D eigenvalue weighted by Crippen LogP contribution is -2.01. The van der Waals surface area contributed by atoms with Crippen molar-refractivity contribution in [1.29, 1.82) is 0 Å². The highest BCUT2D eigenvalue weighted by atomic mass is 14.1. The first-order valence-electron chi connectivity index (χ1n) is 7.93. The zero-order valence-electron chi connectivity index (χ0n) is 11.5. The zero-order chi connectivity index (χ0) is 11.5. The largest absolute Gasteiger partial charge is 0.0654 e. The molecule has 0 saturated heterocycles. The lowest BCUT2D eigenvalue weighted by atomic mass is 9.90. The summed E-state index contributed by atoms with van der Waals surface area (Å²) in [5.41, 5.74) is 0. The van der Waals surface area contributed by atoms with E-state index in [4.69, 9.17) is 0 Å². The van der Waals surface area contributed by atoms with Crippen LogP contribution in [0.25, 0.3) is 0 Å². The molecule has 0 heterocycles. The Morgan fingerprint density at radius 2 is 1.19 bits per heavy atom. The van der Waals surface area contributed by atoms with Gasteiger partial charge in [0.25, 0.3) is 0 Å². The minimum absolute atomic E-state index is 1.07. The number of unbranched alkanes of at least 4 members (excludes halogenated alkanes) is 2. The van der Waals surface area contributed by atoms with Gasteiger partial charge in [0.15, 0.2) is 0 Å². The molecule has 1 aliphatic carbocycles. The fourth-order valence-electron chi connectivity index (χ4n) is 3.04. The van der Waals surface area contributed by atoms with Crippen LogP contribution in [0.5, 0.6) is 0 Å². The average Bonchev–Trinajstić information content (AvgIpc) is 2.35. The molecule has 1 rings (SSSR count). The molecule has 0 bridgehead atoms.